The van der Waals surface area contributed by atoms with Crippen molar-refractivity contribution >= 4 is 41.0 Å². The van der Waals surface area contributed by atoms with Gasteiger partial charge < -0.3 is 19.3 Å². The SMILES string of the molecule is CCOc1ncc(C2=N[C@@H](c3ccc(Cl)cc3)[C@@H](c3ccc(Cl)cc3)N2C(=O)N2CCN(CC(=O)N(C)C)CC2)c(OCC)n1. The monoisotopic (exact) mass is 653 g/mol. The summed E-state index contributed by atoms with van der Waals surface area (Å²) < 4.78 is 11.5. The molecule has 45 heavy (non-hydrogen) atoms. The van der Waals surface area contributed by atoms with E-state index in [4.69, 9.17) is 37.7 Å². The molecule has 0 spiro atoms. The number of hydrogen-bond acceptors (Lipinski definition) is 8. The van der Waals surface area contributed by atoms with Crippen molar-refractivity contribution in [3.05, 3.63) is 81.5 Å². The van der Waals surface area contributed by atoms with E-state index in [0.29, 0.717) is 67.4 Å². The molecule has 0 radical (unpaired) electrons. The Labute approximate surface area is 273 Å². The lowest BCUT2D eigenvalue weighted by atomic mass is 9.94. The highest BCUT2D eigenvalue weighted by molar-refractivity contribution is 6.30. The first kappa shape index (κ1) is 32.5. The molecule has 238 valence electrons. The first-order valence-corrected chi connectivity index (χ1v) is 15.7. The number of likely N-dealkylation sites (N-methyl/N-ethyl adjacent to an activating group) is 1. The number of carbonyl (C=O) groups is 2. The van der Waals surface area contributed by atoms with Crippen LogP contribution in [0.5, 0.6) is 11.9 Å². The molecule has 1 saturated heterocycles. The number of benzene rings is 2. The summed E-state index contributed by atoms with van der Waals surface area (Å²) in [7, 11) is 3.48. The minimum absolute atomic E-state index is 0.0244. The minimum atomic E-state index is -0.527. The molecule has 1 fully saturated rings. The van der Waals surface area contributed by atoms with Gasteiger partial charge in [0.1, 0.15) is 11.9 Å². The topological polar surface area (TPSA) is 104 Å². The maximum atomic E-state index is 14.7. The highest BCUT2D eigenvalue weighted by Gasteiger charge is 2.45. The molecule has 11 nitrogen and oxygen atoms in total. The van der Waals surface area contributed by atoms with Crippen molar-refractivity contribution < 1.29 is 19.1 Å². The van der Waals surface area contributed by atoms with Crippen LogP contribution in [0.4, 0.5) is 4.79 Å². The van der Waals surface area contributed by atoms with Crippen LogP contribution in [-0.4, -0.2) is 107 Å². The summed E-state index contributed by atoms with van der Waals surface area (Å²) in [6.07, 6.45) is 1.59. The summed E-state index contributed by atoms with van der Waals surface area (Å²) in [4.78, 5) is 48.3. The van der Waals surface area contributed by atoms with E-state index in [1.807, 2.05) is 62.4 Å². The number of halogens is 2. The van der Waals surface area contributed by atoms with Crippen LogP contribution >= 0.6 is 23.2 Å². The third-order valence-electron chi connectivity index (χ3n) is 7.72. The fourth-order valence-corrected chi connectivity index (χ4v) is 5.64. The van der Waals surface area contributed by atoms with Crippen molar-refractivity contribution in [2.75, 3.05) is 60.0 Å². The van der Waals surface area contributed by atoms with Crippen LogP contribution in [0, 0.1) is 0 Å². The Morgan fingerprint density at radius 2 is 1.49 bits per heavy atom. The Hall–Kier alpha value is -3.93. The number of amides is 3. The maximum Gasteiger partial charge on any atom is 0.326 e. The number of hydrogen-bond donors (Lipinski definition) is 0. The zero-order chi connectivity index (χ0) is 32.1. The first-order valence-electron chi connectivity index (χ1n) is 14.9. The third kappa shape index (κ3) is 7.32. The predicted molar refractivity (Wildman–Crippen MR) is 173 cm³/mol. The molecule has 0 saturated carbocycles. The Balaban J connectivity index is 1.58. The molecule has 3 amide bonds. The van der Waals surface area contributed by atoms with E-state index in [1.54, 1.807) is 35.0 Å². The summed E-state index contributed by atoms with van der Waals surface area (Å²) in [6.45, 7) is 6.76. The Morgan fingerprint density at radius 3 is 2.07 bits per heavy atom. The minimum Gasteiger partial charge on any atom is -0.477 e. The average molecular weight is 655 g/mol. The van der Waals surface area contributed by atoms with Crippen molar-refractivity contribution in [2.24, 2.45) is 4.99 Å². The van der Waals surface area contributed by atoms with E-state index in [9.17, 15) is 9.59 Å². The Morgan fingerprint density at radius 1 is 0.889 bits per heavy atom. The van der Waals surface area contributed by atoms with Gasteiger partial charge in [-0.2, -0.15) is 4.98 Å². The van der Waals surface area contributed by atoms with Crippen LogP contribution in [0.2, 0.25) is 10.0 Å². The van der Waals surface area contributed by atoms with E-state index in [2.05, 4.69) is 14.9 Å². The number of aromatic nitrogens is 2. The molecule has 2 atom stereocenters. The smallest absolute Gasteiger partial charge is 0.326 e. The highest BCUT2D eigenvalue weighted by Crippen LogP contribution is 2.45. The highest BCUT2D eigenvalue weighted by atomic mass is 35.5. The number of urea groups is 1. The predicted octanol–water partition coefficient (Wildman–Crippen LogP) is 4.95. The number of nitrogens with zero attached hydrogens (tertiary/aromatic N) is 7. The van der Waals surface area contributed by atoms with Crippen LogP contribution in [0.1, 0.15) is 42.6 Å². The molecule has 13 heteroatoms. The van der Waals surface area contributed by atoms with Gasteiger partial charge in [-0.25, -0.2) is 9.78 Å². The molecule has 0 N–H and O–H groups in total. The number of aliphatic imine (C=N–C) groups is 1. The van der Waals surface area contributed by atoms with Crippen molar-refractivity contribution in [1.29, 1.82) is 0 Å². The van der Waals surface area contributed by atoms with Crippen LogP contribution in [0.15, 0.2) is 59.7 Å². The van der Waals surface area contributed by atoms with Crippen LogP contribution in [0.25, 0.3) is 0 Å². The molecule has 3 aromatic rings. The molecule has 0 bridgehead atoms. The first-order chi connectivity index (χ1) is 21.7. The molecule has 1 aromatic heterocycles. The van der Waals surface area contributed by atoms with Gasteiger partial charge in [0.05, 0.1) is 31.4 Å². The quantitative estimate of drug-likeness (QED) is 0.322. The maximum absolute atomic E-state index is 14.7. The molecule has 2 aliphatic heterocycles. The van der Waals surface area contributed by atoms with E-state index in [-0.39, 0.29) is 23.8 Å². The molecule has 5 rings (SSSR count). The normalized spacial score (nSPS) is 18.5. The number of carbonyl (C=O) groups excluding carboxylic acids is 2. The zero-order valence-corrected chi connectivity index (χ0v) is 27.3. The average Bonchev–Trinajstić information content (AvgIpc) is 3.42. The van der Waals surface area contributed by atoms with E-state index >= 15 is 0 Å². The molecule has 3 heterocycles. The Kier molecular flexibility index (Phi) is 10.4. The van der Waals surface area contributed by atoms with Gasteiger partial charge in [0.15, 0.2) is 0 Å². The van der Waals surface area contributed by atoms with Gasteiger partial charge in [0.2, 0.25) is 11.8 Å². The summed E-state index contributed by atoms with van der Waals surface area (Å²) in [5.41, 5.74) is 2.20. The second kappa shape index (κ2) is 14.4. The van der Waals surface area contributed by atoms with Gasteiger partial charge in [0, 0.05) is 56.5 Å². The number of rotatable bonds is 9. The van der Waals surface area contributed by atoms with Crippen LogP contribution in [-0.2, 0) is 4.79 Å². The Bertz CT molecular complexity index is 1530. The molecule has 2 aromatic carbocycles. The number of ether oxygens (including phenoxy) is 2. The van der Waals surface area contributed by atoms with Crippen LogP contribution in [0.3, 0.4) is 0 Å². The van der Waals surface area contributed by atoms with Crippen molar-refractivity contribution in [3.8, 4) is 11.9 Å². The number of amidine groups is 1. The van der Waals surface area contributed by atoms with Crippen molar-refractivity contribution in [3.63, 3.8) is 0 Å². The molecular weight excluding hydrogens is 617 g/mol. The van der Waals surface area contributed by atoms with Gasteiger partial charge in [-0.3, -0.25) is 19.6 Å². The second-order valence-corrected chi connectivity index (χ2v) is 11.8. The van der Waals surface area contributed by atoms with Gasteiger partial charge in [-0.15, -0.1) is 0 Å². The summed E-state index contributed by atoms with van der Waals surface area (Å²) in [5, 5.41) is 1.18. The second-order valence-electron chi connectivity index (χ2n) is 10.9. The summed E-state index contributed by atoms with van der Waals surface area (Å²) >= 11 is 12.5. The third-order valence-corrected chi connectivity index (χ3v) is 8.23. The molecule has 0 unspecified atom stereocenters. The fourth-order valence-electron chi connectivity index (χ4n) is 5.39. The van der Waals surface area contributed by atoms with Crippen LogP contribution < -0.4 is 9.47 Å². The lowest BCUT2D eigenvalue weighted by molar-refractivity contribution is -0.130. The largest absolute Gasteiger partial charge is 0.477 e. The summed E-state index contributed by atoms with van der Waals surface area (Å²) in [6, 6.07) is 13.9. The van der Waals surface area contributed by atoms with Gasteiger partial charge in [-0.1, -0.05) is 47.5 Å². The standard InChI is InChI=1S/C32H37Cl2N7O4/c1-5-44-30-25(19-35-31(37-30)45-6-2)29-36-27(21-7-11-23(33)12-8-21)28(22-9-13-24(34)14-10-22)41(29)32(43)40-17-15-39(16-18-40)20-26(42)38(3)4/h7-14,19,27-28H,5-6,15-18,20H2,1-4H3/t27-,28+/m0/s1. The lowest BCUT2D eigenvalue weighted by Crippen LogP contribution is -2.55. The number of piperazine rings is 1. The van der Waals surface area contributed by atoms with E-state index < -0.39 is 12.1 Å². The lowest BCUT2D eigenvalue weighted by Gasteiger charge is -2.39. The van der Waals surface area contributed by atoms with E-state index in [0.717, 1.165) is 11.1 Å². The van der Waals surface area contributed by atoms with Crippen molar-refractivity contribution in [1.82, 2.24) is 29.6 Å². The van der Waals surface area contributed by atoms with Gasteiger partial charge in [-0.05, 0) is 49.2 Å². The van der Waals surface area contributed by atoms with Crippen molar-refractivity contribution in [2.45, 2.75) is 25.9 Å². The van der Waals surface area contributed by atoms with Gasteiger partial charge >= 0.3 is 12.0 Å². The molecular formula is C32H37Cl2N7O4. The summed E-state index contributed by atoms with van der Waals surface area (Å²) in [5.74, 6) is 0.680. The molecule has 0 aliphatic carbocycles. The van der Waals surface area contributed by atoms with E-state index in [1.165, 1.54) is 0 Å². The van der Waals surface area contributed by atoms with Gasteiger partial charge in [0.25, 0.3) is 0 Å². The molecule has 2 aliphatic rings. The zero-order valence-electron chi connectivity index (χ0n) is 25.8. The fraction of sp³-hybridized carbons (Fsp3) is 0.406.